The number of aliphatic hydroxyl groups excluding tert-OH is 1. The van der Waals surface area contributed by atoms with Gasteiger partial charge >= 0.3 is 0 Å². The Balaban J connectivity index is 1.57. The molecule has 140 valence electrons. The number of rotatable bonds is 9. The van der Waals surface area contributed by atoms with Gasteiger partial charge in [-0.05, 0) is 35.8 Å². The molecule has 0 unspecified atom stereocenters. The van der Waals surface area contributed by atoms with E-state index in [1.807, 2.05) is 36.4 Å². The Bertz CT molecular complexity index is 596. The van der Waals surface area contributed by atoms with Crippen LogP contribution >= 0.6 is 0 Å². The normalized spacial score (nSPS) is 21.8. The Morgan fingerprint density at radius 3 is 1.77 bits per heavy atom. The second-order valence-electron chi connectivity index (χ2n) is 7.78. The lowest BCUT2D eigenvalue weighted by Gasteiger charge is -2.29. The summed E-state index contributed by atoms with van der Waals surface area (Å²) in [5, 5.41) is 9.69. The third kappa shape index (κ3) is 5.16. The Morgan fingerprint density at radius 1 is 0.846 bits per heavy atom. The van der Waals surface area contributed by atoms with Crippen LogP contribution in [0.2, 0.25) is 0 Å². The van der Waals surface area contributed by atoms with E-state index in [2.05, 4.69) is 31.2 Å². The maximum atomic E-state index is 9.69. The zero-order valence-electron chi connectivity index (χ0n) is 15.6. The average molecular weight is 354 g/mol. The highest BCUT2D eigenvalue weighted by Crippen LogP contribution is 2.46. The molecule has 1 N–H and O–H groups in total. The SMILES string of the molecule is C[C@H]1CC(COCc2ccccc2)(COCc2ccccc2)C[C@@H]1CO. The van der Waals surface area contributed by atoms with E-state index < -0.39 is 0 Å². The molecular formula is C23H30O3. The second-order valence-corrected chi connectivity index (χ2v) is 7.78. The molecule has 26 heavy (non-hydrogen) atoms. The van der Waals surface area contributed by atoms with E-state index in [4.69, 9.17) is 9.47 Å². The number of hydrogen-bond acceptors (Lipinski definition) is 3. The van der Waals surface area contributed by atoms with Crippen LogP contribution in [0.4, 0.5) is 0 Å². The number of ether oxygens (including phenoxy) is 2. The average Bonchev–Trinajstić information content (AvgIpc) is 2.99. The van der Waals surface area contributed by atoms with E-state index in [1.54, 1.807) is 0 Å². The van der Waals surface area contributed by atoms with Crippen LogP contribution in [0.25, 0.3) is 0 Å². The minimum absolute atomic E-state index is 0.00360. The Morgan fingerprint density at radius 2 is 1.35 bits per heavy atom. The van der Waals surface area contributed by atoms with Gasteiger partial charge in [-0.2, -0.15) is 0 Å². The molecule has 0 saturated heterocycles. The van der Waals surface area contributed by atoms with Gasteiger partial charge in [0.2, 0.25) is 0 Å². The highest BCUT2D eigenvalue weighted by atomic mass is 16.5. The van der Waals surface area contributed by atoms with Crippen molar-refractivity contribution < 1.29 is 14.6 Å². The molecule has 3 nitrogen and oxygen atoms in total. The van der Waals surface area contributed by atoms with E-state index in [-0.39, 0.29) is 12.0 Å². The molecule has 0 aromatic heterocycles. The molecule has 3 rings (SSSR count). The van der Waals surface area contributed by atoms with Gasteiger partial charge in [0, 0.05) is 12.0 Å². The Kier molecular flexibility index (Phi) is 6.84. The first-order chi connectivity index (χ1) is 12.7. The van der Waals surface area contributed by atoms with Crippen molar-refractivity contribution in [1.29, 1.82) is 0 Å². The fourth-order valence-corrected chi connectivity index (χ4v) is 4.13. The Hall–Kier alpha value is -1.68. The molecule has 0 aliphatic heterocycles. The van der Waals surface area contributed by atoms with Gasteiger partial charge in [0.05, 0.1) is 26.4 Å². The number of aliphatic hydroxyl groups is 1. The van der Waals surface area contributed by atoms with Gasteiger partial charge in [0.1, 0.15) is 0 Å². The quantitative estimate of drug-likeness (QED) is 0.723. The van der Waals surface area contributed by atoms with Crippen molar-refractivity contribution in [3.63, 3.8) is 0 Å². The van der Waals surface area contributed by atoms with Crippen LogP contribution < -0.4 is 0 Å². The maximum Gasteiger partial charge on any atom is 0.0717 e. The van der Waals surface area contributed by atoms with Gasteiger partial charge in [-0.15, -0.1) is 0 Å². The largest absolute Gasteiger partial charge is 0.396 e. The van der Waals surface area contributed by atoms with Crippen LogP contribution in [0.15, 0.2) is 60.7 Å². The maximum absolute atomic E-state index is 9.69. The second kappa shape index (κ2) is 9.31. The van der Waals surface area contributed by atoms with Crippen LogP contribution in [0.1, 0.15) is 30.9 Å². The lowest BCUT2D eigenvalue weighted by atomic mass is 9.86. The molecule has 0 amide bonds. The van der Waals surface area contributed by atoms with Crippen LogP contribution in [0.3, 0.4) is 0 Å². The molecular weight excluding hydrogens is 324 g/mol. The summed E-state index contributed by atoms with van der Waals surface area (Å²) in [5.74, 6) is 0.844. The summed E-state index contributed by atoms with van der Waals surface area (Å²) in [6.45, 7) is 5.09. The summed E-state index contributed by atoms with van der Waals surface area (Å²) in [7, 11) is 0. The van der Waals surface area contributed by atoms with Crippen LogP contribution in [0, 0.1) is 17.3 Å². The van der Waals surface area contributed by atoms with Crippen LogP contribution in [0.5, 0.6) is 0 Å². The van der Waals surface area contributed by atoms with Gasteiger partial charge in [-0.1, -0.05) is 67.6 Å². The van der Waals surface area contributed by atoms with Crippen LogP contribution in [-0.2, 0) is 22.7 Å². The zero-order chi connectivity index (χ0) is 18.2. The lowest BCUT2D eigenvalue weighted by Crippen LogP contribution is -2.30. The predicted octanol–water partition coefficient (Wildman–Crippen LogP) is 4.44. The molecule has 2 aromatic carbocycles. The molecule has 1 aliphatic carbocycles. The van der Waals surface area contributed by atoms with Gasteiger partial charge < -0.3 is 14.6 Å². The number of benzene rings is 2. The zero-order valence-corrected chi connectivity index (χ0v) is 15.6. The van der Waals surface area contributed by atoms with E-state index in [9.17, 15) is 5.11 Å². The molecule has 1 saturated carbocycles. The van der Waals surface area contributed by atoms with Crippen molar-refractivity contribution in [3.8, 4) is 0 Å². The molecule has 3 heteroatoms. The summed E-state index contributed by atoms with van der Waals surface area (Å²) in [4.78, 5) is 0. The molecule has 2 aromatic rings. The lowest BCUT2D eigenvalue weighted by molar-refractivity contribution is -0.0335. The first kappa shape index (κ1) is 19.1. The van der Waals surface area contributed by atoms with E-state index in [0.29, 0.717) is 38.3 Å². The van der Waals surface area contributed by atoms with Crippen molar-refractivity contribution in [2.45, 2.75) is 33.0 Å². The highest BCUT2D eigenvalue weighted by Gasteiger charge is 2.43. The molecule has 0 bridgehead atoms. The fourth-order valence-electron chi connectivity index (χ4n) is 4.13. The highest BCUT2D eigenvalue weighted by molar-refractivity contribution is 5.14. The first-order valence-corrected chi connectivity index (χ1v) is 9.55. The third-order valence-corrected chi connectivity index (χ3v) is 5.53. The van der Waals surface area contributed by atoms with Gasteiger partial charge in [0.15, 0.2) is 0 Å². The van der Waals surface area contributed by atoms with Crippen molar-refractivity contribution >= 4 is 0 Å². The minimum Gasteiger partial charge on any atom is -0.396 e. The molecule has 1 aliphatic rings. The van der Waals surface area contributed by atoms with Gasteiger partial charge in [-0.25, -0.2) is 0 Å². The molecule has 2 atom stereocenters. The number of hydrogen-bond donors (Lipinski definition) is 1. The minimum atomic E-state index is -0.00360. The van der Waals surface area contributed by atoms with E-state index in [1.165, 1.54) is 11.1 Å². The molecule has 1 fully saturated rings. The summed E-state index contributed by atoms with van der Waals surface area (Å²) < 4.78 is 12.2. The molecule has 0 heterocycles. The van der Waals surface area contributed by atoms with Crippen molar-refractivity contribution in [2.75, 3.05) is 19.8 Å². The summed E-state index contributed by atoms with van der Waals surface area (Å²) >= 11 is 0. The van der Waals surface area contributed by atoms with Crippen molar-refractivity contribution in [1.82, 2.24) is 0 Å². The smallest absolute Gasteiger partial charge is 0.0717 e. The summed E-state index contributed by atoms with van der Waals surface area (Å²) in [6.07, 6.45) is 2.01. The monoisotopic (exact) mass is 354 g/mol. The first-order valence-electron chi connectivity index (χ1n) is 9.55. The standard InChI is InChI=1S/C23H30O3/c1-19-12-23(13-22(19)14-24,17-25-15-20-8-4-2-5-9-20)18-26-16-21-10-6-3-7-11-21/h2-11,19,22,24H,12-18H2,1H3/t19-,22+/m0/s1. The topological polar surface area (TPSA) is 38.7 Å². The van der Waals surface area contributed by atoms with Crippen molar-refractivity contribution in [2.24, 2.45) is 17.3 Å². The van der Waals surface area contributed by atoms with E-state index >= 15 is 0 Å². The fraction of sp³-hybridized carbons (Fsp3) is 0.478. The Labute approximate surface area is 157 Å². The third-order valence-electron chi connectivity index (χ3n) is 5.53. The molecule has 0 radical (unpaired) electrons. The summed E-state index contributed by atoms with van der Waals surface area (Å²) in [6, 6.07) is 20.6. The molecule has 0 spiro atoms. The van der Waals surface area contributed by atoms with Gasteiger partial charge in [0.25, 0.3) is 0 Å². The predicted molar refractivity (Wildman–Crippen MR) is 104 cm³/mol. The van der Waals surface area contributed by atoms with Crippen molar-refractivity contribution in [3.05, 3.63) is 71.8 Å². The van der Waals surface area contributed by atoms with Crippen LogP contribution in [-0.4, -0.2) is 24.9 Å². The summed E-state index contributed by atoms with van der Waals surface area (Å²) in [5.41, 5.74) is 2.38. The van der Waals surface area contributed by atoms with E-state index in [0.717, 1.165) is 12.8 Å². The van der Waals surface area contributed by atoms with Gasteiger partial charge in [-0.3, -0.25) is 0 Å².